The molecule has 0 aromatic carbocycles. The van der Waals surface area contributed by atoms with Crippen LogP contribution in [0.5, 0.6) is 0 Å². The lowest BCUT2D eigenvalue weighted by atomic mass is 9.99. The molecule has 2 aromatic rings. The van der Waals surface area contributed by atoms with Gasteiger partial charge in [0, 0.05) is 24.8 Å². The topological polar surface area (TPSA) is 68.6 Å². The highest BCUT2D eigenvalue weighted by Gasteiger charge is 2.33. The van der Waals surface area contributed by atoms with Gasteiger partial charge in [0.15, 0.2) is 5.78 Å². The van der Waals surface area contributed by atoms with Crippen LogP contribution < -0.4 is 0 Å². The number of hydrogen-bond donors (Lipinski definition) is 0. The first kappa shape index (κ1) is 22.9. The molecule has 1 amide bonds. The van der Waals surface area contributed by atoms with E-state index >= 15 is 0 Å². The van der Waals surface area contributed by atoms with E-state index in [9.17, 15) is 14.4 Å². The summed E-state index contributed by atoms with van der Waals surface area (Å²) in [6, 6.07) is 2.97. The normalized spacial score (nSPS) is 12.1. The van der Waals surface area contributed by atoms with Crippen molar-refractivity contribution < 1.29 is 19.1 Å². The molecule has 0 radical (unpaired) electrons. The molecule has 0 aliphatic rings. The molecular formula is C22H30N2O4S. The molecule has 0 fully saturated rings. The maximum Gasteiger partial charge on any atom is 0.354 e. The van der Waals surface area contributed by atoms with E-state index in [-0.39, 0.29) is 11.7 Å². The highest BCUT2D eigenvalue weighted by molar-refractivity contribution is 7.12. The zero-order valence-corrected chi connectivity index (χ0v) is 19.1. The molecule has 0 bridgehead atoms. The van der Waals surface area contributed by atoms with Crippen molar-refractivity contribution in [3.63, 3.8) is 0 Å². The Balaban J connectivity index is 2.43. The van der Waals surface area contributed by atoms with Gasteiger partial charge in [0.2, 0.25) is 0 Å². The summed E-state index contributed by atoms with van der Waals surface area (Å²) < 4.78 is 6.55. The molecule has 0 aliphatic carbocycles. The molecule has 0 aliphatic heterocycles. The lowest BCUT2D eigenvalue weighted by Gasteiger charge is -2.29. The van der Waals surface area contributed by atoms with Crippen LogP contribution in [-0.2, 0) is 11.8 Å². The number of ketones is 1. The fourth-order valence-corrected chi connectivity index (χ4v) is 4.17. The second-order valence-electron chi connectivity index (χ2n) is 7.68. The molecule has 0 spiro atoms. The van der Waals surface area contributed by atoms with E-state index in [0.717, 1.165) is 6.42 Å². The van der Waals surface area contributed by atoms with Crippen molar-refractivity contribution in [1.29, 1.82) is 0 Å². The average Bonchev–Trinajstić information content (AvgIpc) is 3.28. The van der Waals surface area contributed by atoms with Crippen LogP contribution in [0.2, 0.25) is 0 Å². The van der Waals surface area contributed by atoms with E-state index in [4.69, 9.17) is 4.74 Å². The molecule has 2 aromatic heterocycles. The van der Waals surface area contributed by atoms with Crippen molar-refractivity contribution >= 4 is 29.0 Å². The monoisotopic (exact) mass is 418 g/mol. The summed E-state index contributed by atoms with van der Waals surface area (Å²) in [5, 5.41) is 1.86. The fraction of sp³-hybridized carbons (Fsp3) is 0.500. The average molecular weight is 419 g/mol. The Morgan fingerprint density at radius 2 is 1.86 bits per heavy atom. The molecule has 6 nitrogen and oxygen atoms in total. The third-order valence-corrected chi connectivity index (χ3v) is 6.20. The number of carbonyl (C=O) groups excluding carboxylic acids is 3. The number of ether oxygens (including phenoxy) is 1. The molecule has 29 heavy (non-hydrogen) atoms. The van der Waals surface area contributed by atoms with E-state index in [1.165, 1.54) is 18.4 Å². The molecular weight excluding hydrogens is 388 g/mol. The highest BCUT2D eigenvalue weighted by atomic mass is 32.1. The standard InChI is InChI=1S/C22H30N2O4S/c1-13(2)10-11-24(21(26)17-9-8-12-29-17)16(5)20(25)18-14(3)19(22(27)28-7)23(6)15(18)4/h8-9,12-13,16H,10-11H2,1-7H3. The minimum absolute atomic E-state index is 0.138. The number of aromatic nitrogens is 1. The van der Waals surface area contributed by atoms with E-state index in [2.05, 4.69) is 13.8 Å². The van der Waals surface area contributed by atoms with E-state index < -0.39 is 12.0 Å². The van der Waals surface area contributed by atoms with E-state index in [1.807, 2.05) is 11.4 Å². The van der Waals surface area contributed by atoms with Gasteiger partial charge in [-0.1, -0.05) is 19.9 Å². The van der Waals surface area contributed by atoms with Gasteiger partial charge in [-0.2, -0.15) is 0 Å². The largest absolute Gasteiger partial charge is 0.464 e. The zero-order valence-electron chi connectivity index (χ0n) is 18.2. The molecule has 1 atom stereocenters. The Kier molecular flexibility index (Phi) is 7.41. The first-order valence-corrected chi connectivity index (χ1v) is 10.6. The molecule has 158 valence electrons. The Morgan fingerprint density at radius 1 is 1.21 bits per heavy atom. The number of thiophene rings is 1. The quantitative estimate of drug-likeness (QED) is 0.475. The number of carbonyl (C=O) groups is 3. The molecule has 2 heterocycles. The molecule has 1 unspecified atom stereocenters. The van der Waals surface area contributed by atoms with Gasteiger partial charge in [-0.15, -0.1) is 11.3 Å². The van der Waals surface area contributed by atoms with Crippen molar-refractivity contribution in [3.8, 4) is 0 Å². The summed E-state index contributed by atoms with van der Waals surface area (Å²) in [5.41, 5.74) is 2.11. The lowest BCUT2D eigenvalue weighted by Crippen LogP contribution is -2.44. The Hall–Kier alpha value is -2.41. The van der Waals surface area contributed by atoms with Gasteiger partial charge in [0.1, 0.15) is 5.69 Å². The van der Waals surface area contributed by atoms with Crippen LogP contribution in [0, 0.1) is 19.8 Å². The second-order valence-corrected chi connectivity index (χ2v) is 8.63. The van der Waals surface area contributed by atoms with Crippen LogP contribution in [0.4, 0.5) is 0 Å². The number of hydrogen-bond acceptors (Lipinski definition) is 5. The first-order chi connectivity index (χ1) is 13.6. The van der Waals surface area contributed by atoms with Gasteiger partial charge in [-0.25, -0.2) is 4.79 Å². The maximum absolute atomic E-state index is 13.5. The second kappa shape index (κ2) is 9.39. The van der Waals surface area contributed by atoms with Gasteiger partial charge < -0.3 is 14.2 Å². The summed E-state index contributed by atoms with van der Waals surface area (Å²) in [7, 11) is 3.06. The van der Waals surface area contributed by atoms with Crippen molar-refractivity contribution in [2.45, 2.75) is 47.1 Å². The highest BCUT2D eigenvalue weighted by Crippen LogP contribution is 2.26. The van der Waals surface area contributed by atoms with Gasteiger partial charge >= 0.3 is 5.97 Å². The Labute approximate surface area is 176 Å². The van der Waals surface area contributed by atoms with E-state index in [0.29, 0.717) is 39.9 Å². The SMILES string of the molecule is COC(=O)c1c(C)c(C(=O)C(C)N(CCC(C)C)C(=O)c2cccs2)c(C)n1C. The predicted octanol–water partition coefficient (Wildman–Crippen LogP) is 4.25. The van der Waals surface area contributed by atoms with Crippen LogP contribution in [0.15, 0.2) is 17.5 Å². The van der Waals surface area contributed by atoms with Crippen molar-refractivity contribution in [1.82, 2.24) is 9.47 Å². The molecule has 7 heteroatoms. The Bertz CT molecular complexity index is 897. The molecule has 2 rings (SSSR count). The van der Waals surface area contributed by atoms with Gasteiger partial charge in [-0.05, 0) is 50.1 Å². The van der Waals surface area contributed by atoms with Crippen molar-refractivity contribution in [3.05, 3.63) is 44.9 Å². The van der Waals surface area contributed by atoms with Gasteiger partial charge in [0.25, 0.3) is 5.91 Å². The van der Waals surface area contributed by atoms with Crippen molar-refractivity contribution in [2.75, 3.05) is 13.7 Å². The number of rotatable bonds is 8. The zero-order chi connectivity index (χ0) is 21.9. The van der Waals surface area contributed by atoms with Crippen LogP contribution in [0.3, 0.4) is 0 Å². The number of nitrogens with zero attached hydrogens (tertiary/aromatic N) is 2. The summed E-state index contributed by atoms with van der Waals surface area (Å²) in [5.74, 6) is -0.381. The van der Waals surface area contributed by atoms with Crippen LogP contribution in [0.1, 0.15) is 69.0 Å². The van der Waals surface area contributed by atoms with E-state index in [1.54, 1.807) is 43.4 Å². The van der Waals surface area contributed by atoms with Crippen LogP contribution in [0.25, 0.3) is 0 Å². The van der Waals surface area contributed by atoms with Gasteiger partial charge in [0.05, 0.1) is 18.0 Å². The smallest absolute Gasteiger partial charge is 0.354 e. The molecule has 0 N–H and O–H groups in total. The first-order valence-electron chi connectivity index (χ1n) is 9.74. The van der Waals surface area contributed by atoms with Crippen LogP contribution >= 0.6 is 11.3 Å². The number of esters is 1. The lowest BCUT2D eigenvalue weighted by molar-refractivity contribution is 0.0587. The van der Waals surface area contributed by atoms with Gasteiger partial charge in [-0.3, -0.25) is 9.59 Å². The summed E-state index contributed by atoms with van der Waals surface area (Å²) in [6.07, 6.45) is 0.800. The summed E-state index contributed by atoms with van der Waals surface area (Å²) >= 11 is 1.37. The molecule has 0 saturated carbocycles. The maximum atomic E-state index is 13.5. The van der Waals surface area contributed by atoms with Crippen LogP contribution in [-0.4, -0.2) is 46.8 Å². The van der Waals surface area contributed by atoms with Crippen molar-refractivity contribution in [2.24, 2.45) is 13.0 Å². The molecule has 0 saturated heterocycles. The number of amides is 1. The third-order valence-electron chi connectivity index (χ3n) is 5.34. The Morgan fingerprint density at radius 3 is 2.38 bits per heavy atom. The number of methoxy groups -OCH3 is 1. The third kappa shape index (κ3) is 4.61. The number of Topliss-reactive ketones (excluding diaryl/α,β-unsaturated/α-hetero) is 1. The minimum Gasteiger partial charge on any atom is -0.464 e. The fourth-order valence-electron chi connectivity index (χ4n) is 3.49. The minimum atomic E-state index is -0.645. The summed E-state index contributed by atoms with van der Waals surface area (Å²) in [4.78, 5) is 41.0. The summed E-state index contributed by atoms with van der Waals surface area (Å²) in [6.45, 7) is 9.99. The predicted molar refractivity (Wildman–Crippen MR) is 115 cm³/mol.